The van der Waals surface area contributed by atoms with Crippen LogP contribution in [0, 0.1) is 0 Å². The maximum atomic E-state index is 13.4. The highest BCUT2D eigenvalue weighted by molar-refractivity contribution is 7.80. The fourth-order valence-corrected chi connectivity index (χ4v) is 4.39. The van der Waals surface area contributed by atoms with E-state index in [1.807, 2.05) is 61.5 Å². The molecule has 2 N–H and O–H groups in total. The van der Waals surface area contributed by atoms with Gasteiger partial charge in [-0.15, -0.1) is 0 Å². The number of fused-ring (bicyclic) bond motifs is 1. The standard InChI is InChI=1S/C31H31N3O2S/c1-5-34(27-12-8-10-21-9-6-7-11-26(21)27)29(36)23-15-19-25(20-16-23)32-30(37)33-28(35)22-13-17-24(18-14-22)31(2,3)4/h6-20H,5H2,1-4H3,(H2,32,33,35,37). The molecule has 0 heterocycles. The van der Waals surface area contributed by atoms with Gasteiger partial charge in [0.05, 0.1) is 5.69 Å². The van der Waals surface area contributed by atoms with Crippen LogP contribution in [0.2, 0.25) is 0 Å². The van der Waals surface area contributed by atoms with Gasteiger partial charge < -0.3 is 10.2 Å². The molecule has 37 heavy (non-hydrogen) atoms. The third-order valence-corrected chi connectivity index (χ3v) is 6.45. The lowest BCUT2D eigenvalue weighted by Crippen LogP contribution is -2.34. The molecule has 0 aliphatic carbocycles. The average Bonchev–Trinajstić information content (AvgIpc) is 2.89. The van der Waals surface area contributed by atoms with Crippen LogP contribution in [0.5, 0.6) is 0 Å². The molecule has 0 unspecified atom stereocenters. The van der Waals surface area contributed by atoms with Crippen molar-refractivity contribution in [3.8, 4) is 0 Å². The fraction of sp³-hybridized carbons (Fsp3) is 0.194. The fourth-order valence-electron chi connectivity index (χ4n) is 4.18. The van der Waals surface area contributed by atoms with Crippen molar-refractivity contribution in [2.45, 2.75) is 33.1 Å². The van der Waals surface area contributed by atoms with Crippen molar-refractivity contribution in [1.29, 1.82) is 0 Å². The third-order valence-electron chi connectivity index (χ3n) is 6.25. The van der Waals surface area contributed by atoms with Crippen molar-refractivity contribution in [2.24, 2.45) is 0 Å². The zero-order chi connectivity index (χ0) is 26.6. The summed E-state index contributed by atoms with van der Waals surface area (Å²) in [6.07, 6.45) is 0. The topological polar surface area (TPSA) is 61.4 Å². The van der Waals surface area contributed by atoms with Crippen molar-refractivity contribution in [2.75, 3.05) is 16.8 Å². The molecule has 0 spiro atoms. The summed E-state index contributed by atoms with van der Waals surface area (Å²) in [4.78, 5) is 27.7. The molecule has 6 heteroatoms. The molecule has 4 rings (SSSR count). The molecule has 0 bridgehead atoms. The highest BCUT2D eigenvalue weighted by Gasteiger charge is 2.18. The van der Waals surface area contributed by atoms with Crippen molar-refractivity contribution in [3.63, 3.8) is 0 Å². The van der Waals surface area contributed by atoms with Gasteiger partial charge in [0.2, 0.25) is 0 Å². The predicted molar refractivity (Wildman–Crippen MR) is 157 cm³/mol. The Bertz CT molecular complexity index is 1430. The van der Waals surface area contributed by atoms with Crippen molar-refractivity contribution in [3.05, 3.63) is 108 Å². The summed E-state index contributed by atoms with van der Waals surface area (Å²) in [6, 6.07) is 28.6. The smallest absolute Gasteiger partial charge is 0.258 e. The number of hydrogen-bond acceptors (Lipinski definition) is 3. The minimum atomic E-state index is -0.279. The van der Waals surface area contributed by atoms with E-state index in [0.717, 1.165) is 22.0 Å². The Balaban J connectivity index is 1.41. The molecular formula is C31H31N3O2S. The van der Waals surface area contributed by atoms with Crippen molar-refractivity contribution >= 4 is 51.3 Å². The van der Waals surface area contributed by atoms with E-state index in [2.05, 4.69) is 31.4 Å². The number of anilines is 2. The van der Waals surface area contributed by atoms with E-state index in [1.165, 1.54) is 0 Å². The number of amides is 2. The van der Waals surface area contributed by atoms with Crippen LogP contribution in [-0.2, 0) is 5.41 Å². The monoisotopic (exact) mass is 509 g/mol. The van der Waals surface area contributed by atoms with E-state index in [0.29, 0.717) is 23.4 Å². The number of carbonyl (C=O) groups is 2. The van der Waals surface area contributed by atoms with Crippen LogP contribution in [0.15, 0.2) is 91.0 Å². The van der Waals surface area contributed by atoms with Gasteiger partial charge in [-0.2, -0.15) is 0 Å². The lowest BCUT2D eigenvalue weighted by Gasteiger charge is -2.23. The molecular weight excluding hydrogens is 478 g/mol. The van der Waals surface area contributed by atoms with Gasteiger partial charge in [0.15, 0.2) is 5.11 Å². The second-order valence-corrected chi connectivity index (χ2v) is 10.3. The van der Waals surface area contributed by atoms with E-state index >= 15 is 0 Å². The molecule has 0 fully saturated rings. The first-order chi connectivity index (χ1) is 17.7. The molecule has 0 aliphatic heterocycles. The molecule has 0 atom stereocenters. The zero-order valence-corrected chi connectivity index (χ0v) is 22.4. The molecule has 0 saturated heterocycles. The average molecular weight is 510 g/mol. The number of rotatable bonds is 5. The number of thiocarbonyl (C=S) groups is 1. The Kier molecular flexibility index (Phi) is 7.69. The Morgan fingerprint density at radius 2 is 1.43 bits per heavy atom. The number of nitrogens with one attached hydrogen (secondary N) is 2. The van der Waals surface area contributed by atoms with Gasteiger partial charge in [0.25, 0.3) is 11.8 Å². The van der Waals surface area contributed by atoms with E-state index in [4.69, 9.17) is 12.2 Å². The highest BCUT2D eigenvalue weighted by Crippen LogP contribution is 2.28. The molecule has 188 valence electrons. The van der Waals surface area contributed by atoms with Crippen LogP contribution in [0.4, 0.5) is 11.4 Å². The van der Waals surface area contributed by atoms with Gasteiger partial charge in [-0.05, 0) is 78.0 Å². The lowest BCUT2D eigenvalue weighted by molar-refractivity contribution is 0.0973. The van der Waals surface area contributed by atoms with Crippen LogP contribution >= 0.6 is 12.2 Å². The van der Waals surface area contributed by atoms with E-state index < -0.39 is 0 Å². The second kappa shape index (κ2) is 10.9. The predicted octanol–water partition coefficient (Wildman–Crippen LogP) is 6.93. The molecule has 0 aromatic heterocycles. The first-order valence-electron chi connectivity index (χ1n) is 12.3. The molecule has 0 saturated carbocycles. The summed E-state index contributed by atoms with van der Waals surface area (Å²) in [5.74, 6) is -0.363. The van der Waals surface area contributed by atoms with Gasteiger partial charge in [0.1, 0.15) is 0 Å². The molecule has 0 aliphatic rings. The van der Waals surface area contributed by atoms with Gasteiger partial charge in [-0.1, -0.05) is 69.3 Å². The summed E-state index contributed by atoms with van der Waals surface area (Å²) < 4.78 is 0. The second-order valence-electron chi connectivity index (χ2n) is 9.86. The number of carbonyl (C=O) groups excluding carboxylic acids is 2. The first-order valence-corrected chi connectivity index (χ1v) is 12.7. The summed E-state index contributed by atoms with van der Waals surface area (Å²) in [5, 5.41) is 8.04. The number of hydrogen-bond donors (Lipinski definition) is 2. The van der Waals surface area contributed by atoms with Crippen LogP contribution in [-0.4, -0.2) is 23.5 Å². The van der Waals surface area contributed by atoms with Crippen molar-refractivity contribution < 1.29 is 9.59 Å². The van der Waals surface area contributed by atoms with Crippen LogP contribution < -0.4 is 15.5 Å². The van der Waals surface area contributed by atoms with E-state index in [-0.39, 0.29) is 22.3 Å². The zero-order valence-electron chi connectivity index (χ0n) is 21.5. The first kappa shape index (κ1) is 26.0. The summed E-state index contributed by atoms with van der Waals surface area (Å²) in [6.45, 7) is 8.89. The van der Waals surface area contributed by atoms with Crippen LogP contribution in [0.3, 0.4) is 0 Å². The summed E-state index contributed by atoms with van der Waals surface area (Å²) in [7, 11) is 0. The highest BCUT2D eigenvalue weighted by atomic mass is 32.1. The van der Waals surface area contributed by atoms with E-state index in [9.17, 15) is 9.59 Å². The maximum absolute atomic E-state index is 13.4. The summed E-state index contributed by atoms with van der Waals surface area (Å²) in [5.41, 5.74) is 3.83. The molecule has 4 aromatic rings. The van der Waals surface area contributed by atoms with Crippen molar-refractivity contribution in [1.82, 2.24) is 5.32 Å². The van der Waals surface area contributed by atoms with Crippen LogP contribution in [0.25, 0.3) is 10.8 Å². The Morgan fingerprint density at radius 3 is 2.08 bits per heavy atom. The number of benzene rings is 4. The summed E-state index contributed by atoms with van der Waals surface area (Å²) >= 11 is 5.33. The molecule has 4 aromatic carbocycles. The minimum absolute atomic E-state index is 0.0163. The Hall–Kier alpha value is -4.03. The van der Waals surface area contributed by atoms with Crippen LogP contribution in [0.1, 0.15) is 54.0 Å². The maximum Gasteiger partial charge on any atom is 0.258 e. The van der Waals surface area contributed by atoms with Gasteiger partial charge >= 0.3 is 0 Å². The quantitative estimate of drug-likeness (QED) is 0.286. The van der Waals surface area contributed by atoms with Gasteiger partial charge in [-0.3, -0.25) is 14.9 Å². The third kappa shape index (κ3) is 6.04. The molecule has 5 nitrogen and oxygen atoms in total. The lowest BCUT2D eigenvalue weighted by atomic mass is 9.87. The van der Waals surface area contributed by atoms with E-state index in [1.54, 1.807) is 41.3 Å². The Labute approximate surface area is 223 Å². The Morgan fingerprint density at radius 1 is 0.811 bits per heavy atom. The normalized spacial score (nSPS) is 11.1. The SMILES string of the molecule is CCN(C(=O)c1ccc(NC(=S)NC(=O)c2ccc(C(C)(C)C)cc2)cc1)c1cccc2ccccc12. The molecule has 2 amide bonds. The van der Waals surface area contributed by atoms with Gasteiger partial charge in [-0.25, -0.2) is 0 Å². The van der Waals surface area contributed by atoms with Gasteiger partial charge in [0, 0.05) is 28.7 Å². The minimum Gasteiger partial charge on any atom is -0.332 e. The largest absolute Gasteiger partial charge is 0.332 e. The number of nitrogens with zero attached hydrogens (tertiary/aromatic N) is 1. The molecule has 0 radical (unpaired) electrons.